The first kappa shape index (κ1) is 25.2. The molecule has 15 heteroatoms. The molecule has 2 amide bonds. The lowest BCUT2D eigenvalue weighted by atomic mass is 9.93. The number of hydrogen-bond donors (Lipinski definition) is 3. The van der Waals surface area contributed by atoms with E-state index in [1.54, 1.807) is 6.26 Å². The van der Waals surface area contributed by atoms with Crippen LogP contribution in [-0.4, -0.2) is 91.4 Å². The van der Waals surface area contributed by atoms with Crippen molar-refractivity contribution in [3.8, 4) is 0 Å². The average molecular weight is 502 g/mol. The number of carbonyl (C=O) groups excluding carboxylic acids is 1. The maximum Gasteiger partial charge on any atom is 0.389 e. The number of aliphatic hydroxyl groups excluding tert-OH is 1. The molecule has 0 spiro atoms. The highest BCUT2D eigenvalue weighted by Gasteiger charge is 2.64. The zero-order valence-corrected chi connectivity index (χ0v) is 20.2. The summed E-state index contributed by atoms with van der Waals surface area (Å²) in [4.78, 5) is 23.6. The molecule has 2 heterocycles. The summed E-state index contributed by atoms with van der Waals surface area (Å²) in [5.41, 5.74) is -1.90. The van der Waals surface area contributed by atoms with E-state index in [-0.39, 0.29) is 13.2 Å². The highest BCUT2D eigenvalue weighted by atomic mass is 32.7. The van der Waals surface area contributed by atoms with Gasteiger partial charge in [0, 0.05) is 33.4 Å². The number of ether oxygens (including phenoxy) is 2. The van der Waals surface area contributed by atoms with Crippen molar-refractivity contribution in [3.05, 3.63) is 12.3 Å². The Kier molecular flexibility index (Phi) is 7.65. The van der Waals surface area contributed by atoms with Crippen LogP contribution in [0, 0.1) is 5.92 Å². The van der Waals surface area contributed by atoms with E-state index in [0.29, 0.717) is 6.42 Å². The zero-order chi connectivity index (χ0) is 23.0. The lowest BCUT2D eigenvalue weighted by molar-refractivity contribution is -0.0804. The van der Waals surface area contributed by atoms with E-state index in [0.717, 1.165) is 11.4 Å². The lowest BCUT2D eigenvalue weighted by Crippen LogP contribution is -2.57. The molecule has 0 aromatic heterocycles. The van der Waals surface area contributed by atoms with Crippen molar-refractivity contribution in [3.63, 3.8) is 0 Å². The Hall–Kier alpha value is -0.460. The Morgan fingerprint density at radius 2 is 2.06 bits per heavy atom. The summed E-state index contributed by atoms with van der Waals surface area (Å²) >= 11 is 0.893. The van der Waals surface area contributed by atoms with Crippen molar-refractivity contribution in [1.29, 1.82) is 0 Å². The molecule has 0 bridgehead atoms. The first-order chi connectivity index (χ1) is 14.5. The van der Waals surface area contributed by atoms with E-state index < -0.39 is 56.0 Å². The molecule has 0 aromatic rings. The molecule has 8 atom stereocenters. The number of aliphatic hydroxyl groups is 1. The second-order valence-electron chi connectivity index (χ2n) is 7.46. The Labute approximate surface area is 184 Å². The summed E-state index contributed by atoms with van der Waals surface area (Å²) in [7, 11) is 0.00467. The smallest absolute Gasteiger partial charge is 0.372 e. The number of urea groups is 1. The van der Waals surface area contributed by atoms with Crippen LogP contribution in [0.15, 0.2) is 12.3 Å². The molecule has 1 saturated heterocycles. The highest BCUT2D eigenvalue weighted by molar-refractivity contribution is 8.54. The summed E-state index contributed by atoms with van der Waals surface area (Å²) < 4.78 is 52.7. The normalized spacial score (nSPS) is 39.1. The predicted molar refractivity (Wildman–Crippen MR) is 112 cm³/mol. The van der Waals surface area contributed by atoms with Gasteiger partial charge in [0.1, 0.15) is 17.9 Å². The Bertz CT molecular complexity index is 807. The van der Waals surface area contributed by atoms with Crippen LogP contribution < -0.4 is 5.32 Å². The van der Waals surface area contributed by atoms with Gasteiger partial charge in [-0.1, -0.05) is 0 Å². The zero-order valence-electron chi connectivity index (χ0n) is 17.6. The third kappa shape index (κ3) is 5.06. The summed E-state index contributed by atoms with van der Waals surface area (Å²) in [6, 6.07) is -0.558. The van der Waals surface area contributed by atoms with Gasteiger partial charge in [0.15, 0.2) is 0 Å². The molecule has 1 saturated carbocycles. The molecular weight excluding hydrogens is 474 g/mol. The first-order valence-corrected chi connectivity index (χ1v) is 14.4. The first-order valence-electron chi connectivity index (χ1n) is 9.43. The molecule has 3 rings (SSSR count). The predicted octanol–water partition coefficient (Wildman–Crippen LogP) is 1.35. The van der Waals surface area contributed by atoms with E-state index in [2.05, 4.69) is 5.32 Å². The van der Waals surface area contributed by atoms with E-state index >= 15 is 0 Å². The van der Waals surface area contributed by atoms with Gasteiger partial charge in [-0.15, -0.1) is 0 Å². The van der Waals surface area contributed by atoms with Crippen molar-refractivity contribution in [2.24, 2.45) is 5.92 Å². The van der Waals surface area contributed by atoms with E-state index in [4.69, 9.17) is 23.0 Å². The number of nitrogens with zero attached hydrogens (tertiary/aromatic N) is 1. The van der Waals surface area contributed by atoms with Crippen LogP contribution in [0.1, 0.15) is 6.42 Å². The topological polar surface area (TPSA) is 153 Å². The van der Waals surface area contributed by atoms with Crippen LogP contribution in [-0.2, 0) is 32.2 Å². The van der Waals surface area contributed by atoms with E-state index in [1.807, 2.05) is 0 Å². The lowest BCUT2D eigenvalue weighted by Gasteiger charge is -2.38. The van der Waals surface area contributed by atoms with Gasteiger partial charge in [0.25, 0.3) is 0 Å². The molecule has 3 N–H and O–H groups in total. The van der Waals surface area contributed by atoms with Crippen molar-refractivity contribution in [1.82, 2.24) is 10.2 Å². The van der Waals surface area contributed by atoms with Gasteiger partial charge in [-0.2, -0.15) is 0 Å². The molecule has 31 heavy (non-hydrogen) atoms. The number of rotatable bonds is 10. The SMILES string of the molecule is COC1(CN2C=CC(O)NC2=O)CO[C@H](C2CC2P(=O)(O)OC)C1OP(=O)(OC)SC. The summed E-state index contributed by atoms with van der Waals surface area (Å²) in [6.45, 7) is -3.67. The Morgan fingerprint density at radius 3 is 2.61 bits per heavy atom. The maximum absolute atomic E-state index is 13.0. The van der Waals surface area contributed by atoms with E-state index in [1.165, 1.54) is 38.5 Å². The van der Waals surface area contributed by atoms with Crippen LogP contribution in [0.4, 0.5) is 4.79 Å². The second-order valence-corrected chi connectivity index (χ2v) is 13.9. The molecule has 2 aliphatic heterocycles. The fraction of sp³-hybridized carbons (Fsp3) is 0.812. The number of hydrogen-bond acceptors (Lipinski definition) is 10. The van der Waals surface area contributed by atoms with Crippen molar-refractivity contribution < 1.29 is 47.0 Å². The van der Waals surface area contributed by atoms with Crippen molar-refractivity contribution in [2.45, 2.75) is 36.1 Å². The quantitative estimate of drug-likeness (QED) is 0.371. The highest BCUT2D eigenvalue weighted by Crippen LogP contribution is 2.66. The number of methoxy groups -OCH3 is 1. The molecule has 2 fully saturated rings. The van der Waals surface area contributed by atoms with Crippen molar-refractivity contribution >= 4 is 31.8 Å². The average Bonchev–Trinajstić information content (AvgIpc) is 3.49. The maximum atomic E-state index is 13.0. The fourth-order valence-electron chi connectivity index (χ4n) is 3.87. The van der Waals surface area contributed by atoms with Crippen LogP contribution in [0.2, 0.25) is 0 Å². The fourth-order valence-corrected chi connectivity index (χ4v) is 7.20. The number of nitrogens with one attached hydrogen (secondary N) is 1. The van der Waals surface area contributed by atoms with Crippen molar-refractivity contribution in [2.75, 3.05) is 40.7 Å². The van der Waals surface area contributed by atoms with Crippen LogP contribution in [0.25, 0.3) is 0 Å². The summed E-state index contributed by atoms with van der Waals surface area (Å²) in [5, 5.41) is 11.9. The van der Waals surface area contributed by atoms with Gasteiger partial charge in [0.2, 0.25) is 0 Å². The molecule has 1 aliphatic carbocycles. The molecule has 0 aromatic carbocycles. The minimum absolute atomic E-state index is 0.0248. The molecule has 3 aliphatic rings. The van der Waals surface area contributed by atoms with Gasteiger partial charge < -0.3 is 33.8 Å². The second kappa shape index (κ2) is 9.42. The minimum atomic E-state index is -3.83. The van der Waals surface area contributed by atoms with Crippen LogP contribution >= 0.6 is 25.8 Å². The van der Waals surface area contributed by atoms with Crippen LogP contribution in [0.5, 0.6) is 0 Å². The summed E-state index contributed by atoms with van der Waals surface area (Å²) in [5.74, 6) is -0.391. The molecular formula is C16H28N2O10P2S. The van der Waals surface area contributed by atoms with Gasteiger partial charge >= 0.3 is 20.4 Å². The van der Waals surface area contributed by atoms with Gasteiger partial charge in [-0.25, -0.2) is 9.36 Å². The van der Waals surface area contributed by atoms with Crippen LogP contribution in [0.3, 0.4) is 0 Å². The largest absolute Gasteiger partial charge is 0.389 e. The minimum Gasteiger partial charge on any atom is -0.372 e. The third-order valence-corrected chi connectivity index (χ3v) is 11.1. The summed E-state index contributed by atoms with van der Waals surface area (Å²) in [6.07, 6.45) is 1.90. The van der Waals surface area contributed by atoms with Gasteiger partial charge in [-0.3, -0.25) is 14.0 Å². The van der Waals surface area contributed by atoms with Gasteiger partial charge in [0.05, 0.1) is 24.9 Å². The molecule has 12 nitrogen and oxygen atoms in total. The Morgan fingerprint density at radius 1 is 1.35 bits per heavy atom. The standard InChI is InChI=1S/C16H28N2O10P2S/c1-24-16(8-18-6-5-12(19)17-15(18)20)9-27-13(10-7-11(10)29(21,22)25-2)14(16)28-30(23,26-3)31-4/h5-6,10-14,19H,7-9H2,1-4H3,(H,17,20)(H,21,22)/t10?,11?,12?,13-,14?,16?,30?/m1/s1. The monoisotopic (exact) mass is 502 g/mol. The number of amides is 2. The van der Waals surface area contributed by atoms with Gasteiger partial charge in [-0.05, 0) is 30.1 Å². The molecule has 7 unspecified atom stereocenters. The third-order valence-electron chi connectivity index (χ3n) is 5.76. The molecule has 178 valence electrons. The number of carbonyl (C=O) groups is 1. The molecule has 0 radical (unpaired) electrons. The van der Waals surface area contributed by atoms with E-state index in [9.17, 15) is 23.9 Å². The Balaban J connectivity index is 1.90.